The molecule has 2 N–H and O–H groups in total. The van der Waals surface area contributed by atoms with Gasteiger partial charge in [-0.05, 0) is 18.9 Å². The van der Waals surface area contributed by atoms with Crippen molar-refractivity contribution >= 4 is 5.97 Å². The first-order chi connectivity index (χ1) is 6.44. The van der Waals surface area contributed by atoms with Crippen LogP contribution in [0.5, 0.6) is 0 Å². The Labute approximate surface area is 82.2 Å². The second kappa shape index (κ2) is 2.81. The maximum atomic E-state index is 11.4. The number of fused-ring (bicyclic) bond motifs is 1. The smallest absolute Gasteiger partial charge is 0.312 e. The first-order valence-corrected chi connectivity index (χ1v) is 4.69. The fourth-order valence-electron chi connectivity index (χ4n) is 2.40. The highest BCUT2D eigenvalue weighted by molar-refractivity contribution is 5.77. The fourth-order valence-corrected chi connectivity index (χ4v) is 2.40. The number of hydrogen-bond donors (Lipinski definition) is 2. The van der Waals surface area contributed by atoms with Crippen LogP contribution in [0.1, 0.15) is 13.3 Å². The summed E-state index contributed by atoms with van der Waals surface area (Å²) in [6, 6.07) is 0. The zero-order valence-electron chi connectivity index (χ0n) is 8.06. The zero-order valence-corrected chi connectivity index (χ0v) is 8.06. The lowest BCUT2D eigenvalue weighted by Gasteiger charge is -2.32. The molecule has 0 radical (unpaired) electrons. The van der Waals surface area contributed by atoms with Crippen molar-refractivity contribution in [3.05, 3.63) is 12.2 Å². The van der Waals surface area contributed by atoms with Crippen LogP contribution >= 0.6 is 0 Å². The average Bonchev–Trinajstić information content (AvgIpc) is 2.33. The quantitative estimate of drug-likeness (QED) is 0.419. The molecule has 0 spiro atoms. The van der Waals surface area contributed by atoms with Gasteiger partial charge in [0.25, 0.3) is 0 Å². The number of aliphatic hydroxyl groups excluding tert-OH is 1. The van der Waals surface area contributed by atoms with Crippen molar-refractivity contribution in [3.8, 4) is 0 Å². The first-order valence-electron chi connectivity index (χ1n) is 4.69. The van der Waals surface area contributed by atoms with Crippen molar-refractivity contribution in [2.75, 3.05) is 6.61 Å². The van der Waals surface area contributed by atoms with Crippen molar-refractivity contribution in [3.63, 3.8) is 0 Å². The molecular formula is C10H14O4. The molecule has 78 valence electrons. The normalized spacial score (nSPS) is 47.5. The molecule has 2 rings (SSSR count). The van der Waals surface area contributed by atoms with Crippen LogP contribution < -0.4 is 0 Å². The number of carbonyl (C=O) groups is 1. The van der Waals surface area contributed by atoms with Crippen molar-refractivity contribution in [2.24, 2.45) is 11.8 Å². The molecular weight excluding hydrogens is 184 g/mol. The average molecular weight is 198 g/mol. The molecule has 0 bridgehead atoms. The second-order valence-electron chi connectivity index (χ2n) is 4.33. The molecule has 1 aliphatic carbocycles. The third-order valence-electron chi connectivity index (χ3n) is 3.36. The number of aliphatic hydroxyl groups is 2. The van der Waals surface area contributed by atoms with Gasteiger partial charge in [-0.3, -0.25) is 4.79 Å². The molecule has 1 heterocycles. The maximum absolute atomic E-state index is 11.4. The summed E-state index contributed by atoms with van der Waals surface area (Å²) in [6.07, 6.45) is -0.481. The molecule has 2 fully saturated rings. The molecule has 2 aliphatic rings. The Bertz CT molecular complexity index is 294. The van der Waals surface area contributed by atoms with E-state index in [-0.39, 0.29) is 12.5 Å². The summed E-state index contributed by atoms with van der Waals surface area (Å²) in [7, 11) is 0. The Morgan fingerprint density at radius 2 is 2.29 bits per heavy atom. The predicted molar refractivity (Wildman–Crippen MR) is 48.3 cm³/mol. The summed E-state index contributed by atoms with van der Waals surface area (Å²) in [4.78, 5) is 11.4. The summed E-state index contributed by atoms with van der Waals surface area (Å²) in [5, 5.41) is 19.6. The van der Waals surface area contributed by atoms with E-state index < -0.39 is 23.6 Å². The van der Waals surface area contributed by atoms with Crippen LogP contribution in [0.4, 0.5) is 0 Å². The van der Waals surface area contributed by atoms with Crippen molar-refractivity contribution in [1.82, 2.24) is 0 Å². The van der Waals surface area contributed by atoms with Crippen molar-refractivity contribution < 1.29 is 19.7 Å². The Balaban J connectivity index is 2.36. The molecule has 4 heteroatoms. The van der Waals surface area contributed by atoms with Crippen LogP contribution in [0.3, 0.4) is 0 Å². The minimum atomic E-state index is -1.38. The van der Waals surface area contributed by atoms with Gasteiger partial charge in [-0.2, -0.15) is 0 Å². The van der Waals surface area contributed by atoms with Crippen molar-refractivity contribution in [2.45, 2.75) is 25.0 Å². The van der Waals surface area contributed by atoms with Gasteiger partial charge in [-0.25, -0.2) is 0 Å². The Morgan fingerprint density at radius 3 is 2.86 bits per heavy atom. The highest BCUT2D eigenvalue weighted by atomic mass is 16.5. The van der Waals surface area contributed by atoms with E-state index in [4.69, 9.17) is 4.74 Å². The SMILES string of the molecule is C=C1COC(=O)[C@H]2[C@@H]1C[C@H](O)[C@@]2(C)O. The van der Waals surface area contributed by atoms with Crippen LogP contribution in [0.15, 0.2) is 12.2 Å². The lowest BCUT2D eigenvalue weighted by Crippen LogP contribution is -2.47. The second-order valence-corrected chi connectivity index (χ2v) is 4.33. The van der Waals surface area contributed by atoms with E-state index in [9.17, 15) is 15.0 Å². The van der Waals surface area contributed by atoms with Gasteiger partial charge in [-0.1, -0.05) is 6.58 Å². The highest BCUT2D eigenvalue weighted by Crippen LogP contribution is 2.46. The number of hydrogen-bond acceptors (Lipinski definition) is 4. The number of rotatable bonds is 0. The molecule has 0 amide bonds. The molecule has 0 aromatic rings. The summed E-state index contributed by atoms with van der Waals surface area (Å²) in [6.45, 7) is 5.48. The van der Waals surface area contributed by atoms with Crippen molar-refractivity contribution in [1.29, 1.82) is 0 Å². The highest BCUT2D eigenvalue weighted by Gasteiger charge is 2.57. The number of ether oxygens (including phenoxy) is 1. The lowest BCUT2D eigenvalue weighted by molar-refractivity contribution is -0.164. The molecule has 1 saturated carbocycles. The third-order valence-corrected chi connectivity index (χ3v) is 3.36. The van der Waals surface area contributed by atoms with E-state index in [0.717, 1.165) is 5.57 Å². The van der Waals surface area contributed by atoms with Gasteiger partial charge in [0.15, 0.2) is 0 Å². The first kappa shape index (κ1) is 9.68. The maximum Gasteiger partial charge on any atom is 0.312 e. The molecule has 1 saturated heterocycles. The van der Waals surface area contributed by atoms with Gasteiger partial charge >= 0.3 is 5.97 Å². The van der Waals surface area contributed by atoms with E-state index in [1.165, 1.54) is 6.92 Å². The topological polar surface area (TPSA) is 66.8 Å². The predicted octanol–water partition coefficient (Wildman–Crippen LogP) is -0.153. The van der Waals surface area contributed by atoms with Gasteiger partial charge in [0, 0.05) is 5.92 Å². The van der Waals surface area contributed by atoms with E-state index in [1.54, 1.807) is 0 Å². The molecule has 4 atom stereocenters. The molecule has 0 unspecified atom stereocenters. The Hall–Kier alpha value is -0.870. The van der Waals surface area contributed by atoms with E-state index >= 15 is 0 Å². The molecule has 14 heavy (non-hydrogen) atoms. The Morgan fingerprint density at radius 1 is 1.64 bits per heavy atom. The molecule has 0 aromatic heterocycles. The summed E-state index contributed by atoms with van der Waals surface area (Å²) in [5.74, 6) is -1.22. The van der Waals surface area contributed by atoms with Gasteiger partial charge in [-0.15, -0.1) is 0 Å². The van der Waals surface area contributed by atoms with E-state index in [2.05, 4.69) is 6.58 Å². The fraction of sp³-hybridized carbons (Fsp3) is 0.700. The zero-order chi connectivity index (χ0) is 10.5. The summed E-state index contributed by atoms with van der Waals surface area (Å²) < 4.78 is 4.88. The molecule has 4 nitrogen and oxygen atoms in total. The van der Waals surface area contributed by atoms with Crippen LogP contribution in [0, 0.1) is 11.8 Å². The number of carbonyl (C=O) groups excluding carboxylic acids is 1. The minimum absolute atomic E-state index is 0.138. The Kier molecular flexibility index (Phi) is 1.94. The minimum Gasteiger partial charge on any atom is -0.461 e. The standard InChI is InChI=1S/C10H14O4/c1-5-4-14-9(12)8-6(5)3-7(11)10(8,2)13/h6-8,11,13H,1,3-4H2,2H3/t6-,7+,8-,10-/m1/s1. The monoisotopic (exact) mass is 198 g/mol. The van der Waals surface area contributed by atoms with Crippen LogP contribution in [-0.4, -0.2) is 34.5 Å². The lowest BCUT2D eigenvalue weighted by atomic mass is 9.82. The number of cyclic esters (lactones) is 1. The largest absolute Gasteiger partial charge is 0.461 e. The molecule has 0 aromatic carbocycles. The van der Waals surface area contributed by atoms with Gasteiger partial charge in [0.1, 0.15) is 12.2 Å². The third kappa shape index (κ3) is 1.11. The van der Waals surface area contributed by atoms with E-state index in [1.807, 2.05) is 0 Å². The molecule has 1 aliphatic heterocycles. The number of esters is 1. The van der Waals surface area contributed by atoms with Gasteiger partial charge < -0.3 is 14.9 Å². The summed E-state index contributed by atoms with van der Waals surface area (Å²) in [5.41, 5.74) is -0.600. The van der Waals surface area contributed by atoms with Crippen LogP contribution in [0.25, 0.3) is 0 Å². The summed E-state index contributed by atoms with van der Waals surface area (Å²) >= 11 is 0. The van der Waals surface area contributed by atoms with Gasteiger partial charge in [0.05, 0.1) is 12.0 Å². The van der Waals surface area contributed by atoms with Gasteiger partial charge in [0.2, 0.25) is 0 Å². The van der Waals surface area contributed by atoms with Crippen LogP contribution in [-0.2, 0) is 9.53 Å². The van der Waals surface area contributed by atoms with Crippen LogP contribution in [0.2, 0.25) is 0 Å². The van der Waals surface area contributed by atoms with E-state index in [0.29, 0.717) is 6.42 Å².